The van der Waals surface area contributed by atoms with Gasteiger partial charge in [-0.05, 0) is 78.9 Å². The third kappa shape index (κ3) is 2.33. The number of Topliss-reactive ketones (excluding diaryl/α,β-unsaturated/α-hetero) is 1. The van der Waals surface area contributed by atoms with Gasteiger partial charge in [-0.3, -0.25) is 4.79 Å². The monoisotopic (exact) mass is 362 g/mol. The number of rotatable bonds is 1. The van der Waals surface area contributed by atoms with Gasteiger partial charge >= 0.3 is 6.18 Å². The molecule has 1 aromatic rings. The fourth-order valence-electron chi connectivity index (χ4n) is 6.53. The molecule has 140 valence electrons. The summed E-state index contributed by atoms with van der Waals surface area (Å²) in [6.07, 6.45) is 2.00. The zero-order valence-electron chi connectivity index (χ0n) is 15.1. The third-order valence-corrected chi connectivity index (χ3v) is 8.10. The van der Waals surface area contributed by atoms with E-state index in [1.165, 1.54) is 11.1 Å². The van der Waals surface area contributed by atoms with Gasteiger partial charge in [0.25, 0.3) is 0 Å². The first kappa shape index (κ1) is 16.8. The molecule has 3 fully saturated rings. The smallest absolute Gasteiger partial charge is 0.299 e. The fourth-order valence-corrected chi connectivity index (χ4v) is 6.53. The van der Waals surface area contributed by atoms with E-state index in [-0.39, 0.29) is 17.8 Å². The molecule has 0 bridgehead atoms. The van der Waals surface area contributed by atoms with Crippen molar-refractivity contribution in [1.29, 1.82) is 0 Å². The van der Waals surface area contributed by atoms with Gasteiger partial charge in [0.15, 0.2) is 0 Å². The Hall–Kier alpha value is -1.32. The predicted molar refractivity (Wildman–Crippen MR) is 93.0 cm³/mol. The quantitative estimate of drug-likeness (QED) is 0.619. The number of carbonyl (C=O) groups excluding carboxylic acids is 1. The lowest BCUT2D eigenvalue weighted by Gasteiger charge is -2.48. The Morgan fingerprint density at radius 1 is 1.08 bits per heavy atom. The van der Waals surface area contributed by atoms with Crippen LogP contribution in [0.4, 0.5) is 13.2 Å². The van der Waals surface area contributed by atoms with Crippen LogP contribution < -0.4 is 0 Å². The van der Waals surface area contributed by atoms with Crippen LogP contribution in [0.25, 0.3) is 0 Å². The molecule has 1 nitrogen and oxygen atoms in total. The molecule has 0 radical (unpaired) electrons. The van der Waals surface area contributed by atoms with Gasteiger partial charge in [-0.15, -0.1) is 0 Å². The van der Waals surface area contributed by atoms with E-state index in [0.29, 0.717) is 23.5 Å². The molecule has 4 heteroatoms. The minimum absolute atomic E-state index is 0.118. The summed E-state index contributed by atoms with van der Waals surface area (Å²) >= 11 is 0. The van der Waals surface area contributed by atoms with Crippen molar-refractivity contribution < 1.29 is 18.0 Å². The molecule has 0 N–H and O–H groups in total. The van der Waals surface area contributed by atoms with E-state index in [1.807, 2.05) is 6.07 Å². The van der Waals surface area contributed by atoms with Crippen LogP contribution >= 0.6 is 0 Å². The topological polar surface area (TPSA) is 17.1 Å². The third-order valence-electron chi connectivity index (χ3n) is 8.10. The minimum atomic E-state index is -4.06. The molecule has 0 amide bonds. The van der Waals surface area contributed by atoms with Crippen molar-refractivity contribution in [2.24, 2.45) is 23.2 Å². The normalized spacial score (nSPS) is 41.4. The fraction of sp³-hybridized carbons (Fsp3) is 0.682. The highest BCUT2D eigenvalue weighted by atomic mass is 19.4. The molecule has 5 rings (SSSR count). The predicted octanol–water partition coefficient (Wildman–Crippen LogP) is 5.78. The highest BCUT2D eigenvalue weighted by Crippen LogP contribution is 2.60. The molecular weight excluding hydrogens is 337 g/mol. The average Bonchev–Trinajstić information content (AvgIpc) is 3.35. The largest absolute Gasteiger partial charge is 0.392 e. The van der Waals surface area contributed by atoms with E-state index in [2.05, 4.69) is 19.1 Å². The van der Waals surface area contributed by atoms with Gasteiger partial charge in [-0.1, -0.05) is 25.1 Å². The molecular formula is C22H25F3O. The van der Waals surface area contributed by atoms with Gasteiger partial charge in [0, 0.05) is 11.8 Å². The maximum Gasteiger partial charge on any atom is 0.392 e. The van der Waals surface area contributed by atoms with E-state index in [4.69, 9.17) is 0 Å². The summed E-state index contributed by atoms with van der Waals surface area (Å²) in [7, 11) is 0. The molecule has 6 atom stereocenters. The first-order valence-electron chi connectivity index (χ1n) is 10.0. The molecule has 3 saturated carbocycles. The Morgan fingerprint density at radius 2 is 1.88 bits per heavy atom. The molecule has 1 aromatic carbocycles. The van der Waals surface area contributed by atoms with Crippen molar-refractivity contribution >= 4 is 5.78 Å². The summed E-state index contributed by atoms with van der Waals surface area (Å²) in [6.45, 7) is 2.17. The Bertz CT molecular complexity index is 767. The SMILES string of the molecule is C[C@]12CC[C@@H]3c4ccc([C@@H]5C[C@H]5C(F)(F)F)cc4CC[C@H]3[C@@H]1CCC2=O. The Labute approximate surface area is 152 Å². The summed E-state index contributed by atoms with van der Waals surface area (Å²) in [4.78, 5) is 12.4. The van der Waals surface area contributed by atoms with Crippen LogP contribution in [0.2, 0.25) is 0 Å². The maximum absolute atomic E-state index is 12.9. The highest BCUT2D eigenvalue weighted by molar-refractivity contribution is 5.87. The molecule has 4 aliphatic carbocycles. The first-order chi connectivity index (χ1) is 12.3. The van der Waals surface area contributed by atoms with Crippen LogP contribution in [0.15, 0.2) is 18.2 Å². The zero-order chi connectivity index (χ0) is 18.3. The Balaban J connectivity index is 1.41. The van der Waals surface area contributed by atoms with Crippen molar-refractivity contribution in [2.45, 2.75) is 69.9 Å². The average molecular weight is 362 g/mol. The van der Waals surface area contributed by atoms with Crippen LogP contribution in [0.1, 0.15) is 74.0 Å². The number of hydrogen-bond acceptors (Lipinski definition) is 1. The van der Waals surface area contributed by atoms with Crippen molar-refractivity contribution in [3.8, 4) is 0 Å². The molecule has 0 heterocycles. The molecule has 0 saturated heterocycles. The number of halogens is 3. The number of ketones is 1. The van der Waals surface area contributed by atoms with Crippen LogP contribution in [-0.2, 0) is 11.2 Å². The van der Waals surface area contributed by atoms with Crippen molar-refractivity contribution in [1.82, 2.24) is 0 Å². The Kier molecular flexibility index (Phi) is 3.47. The number of hydrogen-bond donors (Lipinski definition) is 0. The lowest BCUT2D eigenvalue weighted by Crippen LogP contribution is -2.42. The van der Waals surface area contributed by atoms with E-state index < -0.39 is 12.1 Å². The number of carbonyl (C=O) groups is 1. The second kappa shape index (κ2) is 5.36. The summed E-state index contributed by atoms with van der Waals surface area (Å²) in [5, 5.41) is 0. The number of benzene rings is 1. The van der Waals surface area contributed by atoms with Crippen LogP contribution in [-0.4, -0.2) is 12.0 Å². The van der Waals surface area contributed by atoms with Crippen molar-refractivity contribution in [3.05, 3.63) is 34.9 Å². The minimum Gasteiger partial charge on any atom is -0.299 e. The standard InChI is InChI=1S/C22H25F3O/c1-21-9-8-15-14-4-2-13(17-11-19(17)22(23,24)25)10-12(14)3-5-16(15)18(21)6-7-20(21)26/h2,4,10,15-19H,3,5-9,11H2,1H3/t15-,16-,17+,18+,19-,21+/m1/s1. The zero-order valence-corrected chi connectivity index (χ0v) is 15.1. The van der Waals surface area contributed by atoms with Gasteiger partial charge < -0.3 is 0 Å². The number of aryl methyl sites for hydroxylation is 1. The van der Waals surface area contributed by atoms with Crippen molar-refractivity contribution in [3.63, 3.8) is 0 Å². The van der Waals surface area contributed by atoms with E-state index >= 15 is 0 Å². The molecule has 26 heavy (non-hydrogen) atoms. The second-order valence-electron chi connectivity index (χ2n) is 9.28. The molecule has 0 spiro atoms. The molecule has 0 aliphatic heterocycles. The van der Waals surface area contributed by atoms with E-state index in [0.717, 1.165) is 44.1 Å². The van der Waals surface area contributed by atoms with Crippen LogP contribution in [0, 0.1) is 23.2 Å². The number of fused-ring (bicyclic) bond motifs is 5. The summed E-state index contributed by atoms with van der Waals surface area (Å²) < 4.78 is 38.7. The van der Waals surface area contributed by atoms with Gasteiger partial charge in [0.05, 0.1) is 5.92 Å². The maximum atomic E-state index is 12.9. The molecule has 0 aromatic heterocycles. The van der Waals surface area contributed by atoms with E-state index in [9.17, 15) is 18.0 Å². The summed E-state index contributed by atoms with van der Waals surface area (Å²) in [5.41, 5.74) is 3.38. The Morgan fingerprint density at radius 3 is 2.62 bits per heavy atom. The summed E-state index contributed by atoms with van der Waals surface area (Å²) in [6, 6.07) is 6.13. The second-order valence-corrected chi connectivity index (χ2v) is 9.28. The van der Waals surface area contributed by atoms with E-state index in [1.54, 1.807) is 0 Å². The van der Waals surface area contributed by atoms with Crippen LogP contribution in [0.3, 0.4) is 0 Å². The lowest BCUT2D eigenvalue weighted by molar-refractivity contribution is -0.148. The number of alkyl halides is 3. The lowest BCUT2D eigenvalue weighted by atomic mass is 9.55. The van der Waals surface area contributed by atoms with Gasteiger partial charge in [0.2, 0.25) is 0 Å². The van der Waals surface area contributed by atoms with Gasteiger partial charge in [-0.25, -0.2) is 0 Å². The summed E-state index contributed by atoms with van der Waals surface area (Å²) in [5.74, 6) is 0.544. The molecule has 4 aliphatic rings. The first-order valence-corrected chi connectivity index (χ1v) is 10.0. The molecule has 0 unspecified atom stereocenters. The van der Waals surface area contributed by atoms with Crippen LogP contribution in [0.5, 0.6) is 0 Å². The van der Waals surface area contributed by atoms with Gasteiger partial charge in [0.1, 0.15) is 5.78 Å². The van der Waals surface area contributed by atoms with Crippen molar-refractivity contribution in [2.75, 3.05) is 0 Å². The highest BCUT2D eigenvalue weighted by Gasteiger charge is 2.57. The van der Waals surface area contributed by atoms with Gasteiger partial charge in [-0.2, -0.15) is 13.2 Å².